The Kier molecular flexibility index (Phi) is 3.79. The number of ether oxygens (including phenoxy) is 1. The van der Waals surface area contributed by atoms with Gasteiger partial charge < -0.3 is 26.4 Å². The van der Waals surface area contributed by atoms with Crippen LogP contribution in [0.25, 0.3) is 0 Å². The average Bonchev–Trinajstić information content (AvgIpc) is 2.53. The predicted octanol–water partition coefficient (Wildman–Crippen LogP) is 1.83. The molecule has 21 heavy (non-hydrogen) atoms. The molecule has 3 rings (SSSR count). The summed E-state index contributed by atoms with van der Waals surface area (Å²) in [6.07, 6.45) is 0. The number of rotatable bonds is 3. The number of anilines is 5. The van der Waals surface area contributed by atoms with Gasteiger partial charge in [-0.05, 0) is 36.4 Å². The Morgan fingerprint density at radius 2 is 1.71 bits per heavy atom. The Balaban J connectivity index is 1.70. The van der Waals surface area contributed by atoms with Gasteiger partial charge in [0.2, 0.25) is 0 Å². The fourth-order valence-corrected chi connectivity index (χ4v) is 2.28. The van der Waals surface area contributed by atoms with Crippen LogP contribution in [0.2, 0.25) is 0 Å². The molecule has 1 aliphatic heterocycles. The predicted molar refractivity (Wildman–Crippen MR) is 85.8 cm³/mol. The van der Waals surface area contributed by atoms with Crippen molar-refractivity contribution in [2.75, 3.05) is 48.0 Å². The summed E-state index contributed by atoms with van der Waals surface area (Å²) in [7, 11) is 0. The first-order valence-corrected chi connectivity index (χ1v) is 6.94. The van der Waals surface area contributed by atoms with E-state index in [4.69, 9.17) is 16.2 Å². The molecule has 0 unspecified atom stereocenters. The largest absolute Gasteiger partial charge is 0.396 e. The second-order valence-corrected chi connectivity index (χ2v) is 4.94. The van der Waals surface area contributed by atoms with Crippen LogP contribution in [0.5, 0.6) is 0 Å². The number of aromatic nitrogens is 1. The van der Waals surface area contributed by atoms with E-state index in [-0.39, 0.29) is 0 Å². The Hall–Kier alpha value is -2.47. The standard InChI is InChI=1S/C15H19N5O/c16-13-5-6-14(19-15(13)17)18-11-1-3-12(4-2-11)20-7-9-21-10-8-20/h1-6H,7-10,16H2,(H3,17,18,19). The van der Waals surface area contributed by atoms with Gasteiger partial charge in [0.05, 0.1) is 18.9 Å². The topological polar surface area (TPSA) is 89.4 Å². The number of morpholine rings is 1. The van der Waals surface area contributed by atoms with Crippen molar-refractivity contribution in [3.05, 3.63) is 36.4 Å². The lowest BCUT2D eigenvalue weighted by molar-refractivity contribution is 0.122. The van der Waals surface area contributed by atoms with Gasteiger partial charge >= 0.3 is 0 Å². The summed E-state index contributed by atoms with van der Waals surface area (Å²) in [6.45, 7) is 3.44. The zero-order valence-electron chi connectivity index (χ0n) is 11.7. The van der Waals surface area contributed by atoms with Crippen molar-refractivity contribution in [3.63, 3.8) is 0 Å². The smallest absolute Gasteiger partial charge is 0.149 e. The molecule has 1 aromatic carbocycles. The summed E-state index contributed by atoms with van der Waals surface area (Å²) in [5.74, 6) is 1.02. The van der Waals surface area contributed by atoms with Crippen molar-refractivity contribution < 1.29 is 4.74 Å². The highest BCUT2D eigenvalue weighted by Gasteiger charge is 2.10. The summed E-state index contributed by atoms with van der Waals surface area (Å²) in [4.78, 5) is 6.51. The van der Waals surface area contributed by atoms with Gasteiger partial charge in [0.15, 0.2) is 0 Å². The van der Waals surface area contributed by atoms with Gasteiger partial charge in [-0.3, -0.25) is 0 Å². The second kappa shape index (κ2) is 5.88. The molecule has 1 aromatic heterocycles. The Labute approximate surface area is 123 Å². The molecular formula is C15H19N5O. The van der Waals surface area contributed by atoms with Crippen LogP contribution >= 0.6 is 0 Å². The third kappa shape index (κ3) is 3.17. The monoisotopic (exact) mass is 285 g/mol. The van der Waals surface area contributed by atoms with Crippen molar-refractivity contribution in [1.82, 2.24) is 4.98 Å². The highest BCUT2D eigenvalue weighted by atomic mass is 16.5. The van der Waals surface area contributed by atoms with Crippen LogP contribution in [0.3, 0.4) is 0 Å². The second-order valence-electron chi connectivity index (χ2n) is 4.94. The number of nitrogens with zero attached hydrogens (tertiary/aromatic N) is 2. The van der Waals surface area contributed by atoms with Gasteiger partial charge in [0.25, 0.3) is 0 Å². The molecule has 6 heteroatoms. The number of nitrogens with two attached hydrogens (primary N) is 2. The van der Waals surface area contributed by atoms with E-state index < -0.39 is 0 Å². The first-order valence-electron chi connectivity index (χ1n) is 6.94. The molecule has 0 aliphatic carbocycles. The van der Waals surface area contributed by atoms with Gasteiger partial charge in [-0.1, -0.05) is 0 Å². The molecule has 110 valence electrons. The van der Waals surface area contributed by atoms with Crippen LogP contribution < -0.4 is 21.7 Å². The summed E-state index contributed by atoms with van der Waals surface area (Å²) in [6, 6.07) is 11.8. The zero-order valence-corrected chi connectivity index (χ0v) is 11.7. The number of pyridine rings is 1. The molecule has 0 saturated carbocycles. The fraction of sp³-hybridized carbons (Fsp3) is 0.267. The van der Waals surface area contributed by atoms with E-state index in [2.05, 4.69) is 27.3 Å². The molecule has 0 radical (unpaired) electrons. The highest BCUT2D eigenvalue weighted by molar-refractivity contribution is 5.66. The minimum absolute atomic E-state index is 0.338. The van der Waals surface area contributed by atoms with E-state index in [0.717, 1.165) is 32.0 Å². The van der Waals surface area contributed by atoms with Crippen LogP contribution in [0, 0.1) is 0 Å². The molecule has 5 N–H and O–H groups in total. The third-order valence-corrected chi connectivity index (χ3v) is 3.47. The van der Waals surface area contributed by atoms with Gasteiger partial charge in [0.1, 0.15) is 11.6 Å². The van der Waals surface area contributed by atoms with Crippen molar-refractivity contribution in [1.29, 1.82) is 0 Å². The minimum Gasteiger partial charge on any atom is -0.396 e. The molecule has 0 spiro atoms. The van der Waals surface area contributed by atoms with Gasteiger partial charge in [-0.2, -0.15) is 0 Å². The number of benzene rings is 1. The fourth-order valence-electron chi connectivity index (χ4n) is 2.28. The van der Waals surface area contributed by atoms with Crippen molar-refractivity contribution in [3.8, 4) is 0 Å². The van der Waals surface area contributed by atoms with Crippen LogP contribution in [0.15, 0.2) is 36.4 Å². The first kappa shape index (κ1) is 13.5. The van der Waals surface area contributed by atoms with Gasteiger partial charge in [-0.15, -0.1) is 0 Å². The molecule has 1 saturated heterocycles. The summed E-state index contributed by atoms with van der Waals surface area (Å²) in [5, 5.41) is 3.21. The highest BCUT2D eigenvalue weighted by Crippen LogP contribution is 2.22. The van der Waals surface area contributed by atoms with E-state index >= 15 is 0 Å². The van der Waals surface area contributed by atoms with Crippen LogP contribution in [-0.2, 0) is 4.74 Å². The third-order valence-electron chi connectivity index (χ3n) is 3.47. The van der Waals surface area contributed by atoms with E-state index in [1.54, 1.807) is 6.07 Å². The number of hydrogen-bond acceptors (Lipinski definition) is 6. The van der Waals surface area contributed by atoms with Gasteiger partial charge in [0, 0.05) is 24.5 Å². The Morgan fingerprint density at radius 3 is 2.38 bits per heavy atom. The van der Waals surface area contributed by atoms with E-state index in [0.29, 0.717) is 17.3 Å². The Bertz CT molecular complexity index is 608. The molecule has 6 nitrogen and oxygen atoms in total. The van der Waals surface area contributed by atoms with Gasteiger partial charge in [-0.25, -0.2) is 4.98 Å². The lowest BCUT2D eigenvalue weighted by atomic mass is 10.2. The van der Waals surface area contributed by atoms with Crippen LogP contribution in [0.4, 0.5) is 28.7 Å². The molecule has 0 bridgehead atoms. The number of nitrogen functional groups attached to an aromatic ring is 2. The molecule has 0 amide bonds. The Morgan fingerprint density at radius 1 is 1.00 bits per heavy atom. The molecule has 1 aliphatic rings. The lowest BCUT2D eigenvalue weighted by Gasteiger charge is -2.28. The van der Waals surface area contributed by atoms with Crippen LogP contribution in [-0.4, -0.2) is 31.3 Å². The number of nitrogens with one attached hydrogen (secondary N) is 1. The van der Waals surface area contributed by atoms with Crippen molar-refractivity contribution >= 4 is 28.7 Å². The van der Waals surface area contributed by atoms with E-state index in [9.17, 15) is 0 Å². The van der Waals surface area contributed by atoms with E-state index in [1.807, 2.05) is 18.2 Å². The number of hydrogen-bond donors (Lipinski definition) is 3. The van der Waals surface area contributed by atoms with Crippen LogP contribution in [0.1, 0.15) is 0 Å². The SMILES string of the molecule is Nc1ccc(Nc2ccc(N3CCOCC3)cc2)nc1N. The molecule has 2 heterocycles. The molecule has 1 fully saturated rings. The first-order chi connectivity index (χ1) is 10.2. The molecule has 2 aromatic rings. The minimum atomic E-state index is 0.338. The maximum Gasteiger partial charge on any atom is 0.149 e. The zero-order chi connectivity index (χ0) is 14.7. The molecular weight excluding hydrogens is 266 g/mol. The molecule has 0 atom stereocenters. The average molecular weight is 285 g/mol. The summed E-state index contributed by atoms with van der Waals surface area (Å²) < 4.78 is 5.36. The summed E-state index contributed by atoms with van der Waals surface area (Å²) >= 11 is 0. The quantitative estimate of drug-likeness (QED) is 0.797. The normalized spacial score (nSPS) is 15.0. The maximum absolute atomic E-state index is 5.70. The maximum atomic E-state index is 5.70. The summed E-state index contributed by atoms with van der Waals surface area (Å²) in [5.41, 5.74) is 14.0. The lowest BCUT2D eigenvalue weighted by Crippen LogP contribution is -2.36. The van der Waals surface area contributed by atoms with Crippen molar-refractivity contribution in [2.45, 2.75) is 0 Å². The van der Waals surface area contributed by atoms with E-state index in [1.165, 1.54) is 5.69 Å². The van der Waals surface area contributed by atoms with Crippen molar-refractivity contribution in [2.24, 2.45) is 0 Å².